The second kappa shape index (κ2) is 4.93. The number of nitro groups is 2. The highest BCUT2D eigenvalue weighted by molar-refractivity contribution is 9.47. The lowest BCUT2D eigenvalue weighted by atomic mass is 11.6. The molecule has 0 aliphatic heterocycles. The number of hydrogen-bond acceptors (Lipinski definition) is 13. The van der Waals surface area contributed by atoms with Crippen molar-refractivity contribution in [1.82, 2.24) is 0 Å². The quantitative estimate of drug-likeness (QED) is 0.0864. The molecule has 148 valence electrons. The minimum atomic E-state index is -8.23. The molecule has 23 heteroatoms. The minimum Gasteiger partial charge on any atom is -0.469 e. The van der Waals surface area contributed by atoms with E-state index in [9.17, 15) is 50.6 Å². The fourth-order valence-electron chi connectivity index (χ4n) is 1.20. The van der Waals surface area contributed by atoms with Gasteiger partial charge in [-0.15, -0.1) is 0 Å². The summed E-state index contributed by atoms with van der Waals surface area (Å²) in [5, 5.41) is 64.9. The Morgan fingerprint density at radius 1 is 1.00 bits per heavy atom. The van der Waals surface area contributed by atoms with E-state index in [1.807, 2.05) is 0 Å². The van der Waals surface area contributed by atoms with Crippen LogP contribution in [0.25, 0.3) is 20.9 Å². The summed E-state index contributed by atoms with van der Waals surface area (Å²) in [5.41, 5.74) is 17.1. The molecule has 27 heavy (non-hydrogen) atoms. The average molecular weight is 446 g/mol. The Kier molecular flexibility index (Phi) is 4.26. The van der Waals surface area contributed by atoms with Crippen LogP contribution in [0.3, 0.4) is 0 Å². The van der Waals surface area contributed by atoms with Gasteiger partial charge in [-0.1, -0.05) is 0 Å². The van der Waals surface area contributed by atoms with Gasteiger partial charge in [0.15, 0.2) is 10.8 Å². The Morgan fingerprint density at radius 3 is 1.37 bits per heavy atom. The Labute approximate surface area is 147 Å². The van der Waals surface area contributed by atoms with Crippen molar-refractivity contribution in [3.63, 3.8) is 0 Å². The molecule has 0 rings (SSSR count). The van der Waals surface area contributed by atoms with E-state index in [0.29, 0.717) is 10.8 Å². The lowest BCUT2D eigenvalue weighted by Crippen LogP contribution is -2.58. The molecule has 0 amide bonds. The lowest BCUT2D eigenvalue weighted by Gasteiger charge is -2.62. The van der Waals surface area contributed by atoms with Gasteiger partial charge in [0.05, 0.1) is 8.66 Å². The van der Waals surface area contributed by atoms with Crippen LogP contribution in [0.1, 0.15) is 0 Å². The largest absolute Gasteiger partial charge is 0.469 e. The Bertz CT molecular complexity index is 908. The molecule has 0 unspecified atom stereocenters. The Balaban J connectivity index is 8.54. The Morgan fingerprint density at radius 2 is 1.26 bits per heavy atom. The van der Waals surface area contributed by atoms with E-state index < -0.39 is 44.9 Å². The zero-order valence-corrected chi connectivity index (χ0v) is 14.6. The molecule has 0 aromatic heterocycles. The summed E-state index contributed by atoms with van der Waals surface area (Å²) >= 11 is 0. The number of nitrogens with zero attached hydrogens (tertiary/aromatic N) is 10. The number of hydrogen-bond donors (Lipinski definition) is 4. The van der Waals surface area contributed by atoms with Gasteiger partial charge in [-0.3, -0.25) is 20.2 Å². The van der Waals surface area contributed by atoms with Crippen LogP contribution in [0.4, 0.5) is 9.59 Å². The highest BCUT2D eigenvalue weighted by atomic mass is 33.6. The van der Waals surface area contributed by atoms with Crippen LogP contribution < -0.4 is 10.3 Å². The third-order valence-electron chi connectivity index (χ3n) is 2.80. The molecule has 20 nitrogen and oxygen atoms in total. The summed E-state index contributed by atoms with van der Waals surface area (Å²) in [7, 11) is -18.4. The van der Waals surface area contributed by atoms with Crippen molar-refractivity contribution < 1.29 is 28.5 Å². The van der Waals surface area contributed by atoms with Gasteiger partial charge in [0.25, 0.3) is 0 Å². The zero-order valence-electron chi connectivity index (χ0n) is 12.2. The van der Waals surface area contributed by atoms with Crippen molar-refractivity contribution in [3.8, 4) is 10.8 Å². The van der Waals surface area contributed by atoms with E-state index in [0.717, 1.165) is 0 Å². The second-order valence-corrected chi connectivity index (χ2v) is 18.7. The first-order valence-corrected chi connectivity index (χ1v) is 11.9. The van der Waals surface area contributed by atoms with Gasteiger partial charge >= 0.3 is 10.6 Å². The first-order valence-electron chi connectivity index (χ1n) is 5.18. The monoisotopic (exact) mass is 446 g/mol. The predicted molar refractivity (Wildman–Crippen MR) is 90.7 cm³/mol. The number of rotatable bonds is 6. The van der Waals surface area contributed by atoms with Crippen molar-refractivity contribution in [1.29, 1.82) is 10.5 Å². The number of carboxylic acid groups (broad SMARTS) is 2. The average Bonchev–Trinajstić information content (AvgIpc) is 2.55. The molecule has 0 aliphatic carbocycles. The van der Waals surface area contributed by atoms with Gasteiger partial charge < -0.3 is 10.2 Å². The molecular weight excluding hydrogens is 440 g/mol. The lowest BCUT2D eigenvalue weighted by molar-refractivity contribution is -0.305. The molecule has 0 radical (unpaired) electrons. The van der Waals surface area contributed by atoms with E-state index in [4.69, 9.17) is 21.3 Å². The van der Waals surface area contributed by atoms with Crippen molar-refractivity contribution in [2.24, 2.45) is 19.3 Å². The first kappa shape index (κ1) is 23.3. The van der Waals surface area contributed by atoms with Crippen LogP contribution in [0.15, 0.2) is 9.04 Å². The molecule has 0 saturated heterocycles. The molecule has 0 bridgehead atoms. The molecule has 0 heterocycles. The standard InChI is InChI=1S/C4H6N12O8S3/c5-1-26(9,3(17)18,13-11-7,15(21)22)25-27(10,2-6,4(19)20,14-12-8)16(23)24/h9-10H2,(H,17,18)(H,19,20). The summed E-state index contributed by atoms with van der Waals surface area (Å²) in [5.74, 6) is 0. The summed E-state index contributed by atoms with van der Waals surface area (Å²) < 4.78 is -0.351. The molecular formula is C4H6N12O8S3. The third-order valence-corrected chi connectivity index (χ3v) is 18.9. The molecule has 0 saturated carbocycles. The highest BCUT2D eigenvalue weighted by Crippen LogP contribution is 3.11. The van der Waals surface area contributed by atoms with Gasteiger partial charge in [0.1, 0.15) is 9.83 Å². The maximum atomic E-state index is 11.7. The van der Waals surface area contributed by atoms with Gasteiger partial charge in [-0.25, -0.2) is 19.9 Å². The normalized spacial score (nSPS) is 16.0. The Hall–Kier alpha value is -3.69. The van der Waals surface area contributed by atoms with Crippen LogP contribution in [0.5, 0.6) is 0 Å². The van der Waals surface area contributed by atoms with Gasteiger partial charge in [0.2, 0.25) is 15.8 Å². The number of nitrogens with two attached hydrogens (primary N) is 2. The molecule has 0 spiro atoms. The number of carbonyl (C=O) groups is 2. The zero-order chi connectivity index (χ0) is 22.1. The van der Waals surface area contributed by atoms with Crippen LogP contribution in [0, 0.1) is 41.6 Å². The first-order chi connectivity index (χ1) is 11.9. The predicted octanol–water partition coefficient (Wildman–Crippen LogP) is 2.20. The maximum Gasteiger partial charge on any atom is 0.424 e. The fraction of sp³-hybridized carbons (Fsp3) is 0. The summed E-state index contributed by atoms with van der Waals surface area (Å²) in [6.45, 7) is 0. The number of nitriles is 2. The van der Waals surface area contributed by atoms with Gasteiger partial charge in [-0.05, 0) is 11.1 Å². The number of thiocyanates is 2. The van der Waals surface area contributed by atoms with Crippen molar-refractivity contribution in [2.45, 2.75) is 0 Å². The van der Waals surface area contributed by atoms with E-state index in [2.05, 4.69) is 9.04 Å². The van der Waals surface area contributed by atoms with Gasteiger partial charge in [-0.2, -0.15) is 10.5 Å². The summed E-state index contributed by atoms with van der Waals surface area (Å²) in [6, 6.07) is 0. The van der Waals surface area contributed by atoms with E-state index in [-0.39, 0.29) is 0 Å². The molecule has 0 aromatic carbocycles. The molecule has 0 atom stereocenters. The fourth-order valence-corrected chi connectivity index (χ4v) is 17.7. The van der Waals surface area contributed by atoms with Gasteiger partial charge in [0, 0.05) is 18.9 Å². The summed E-state index contributed by atoms with van der Waals surface area (Å²) in [6.07, 6.45) is 0. The maximum absolute atomic E-state index is 11.7. The van der Waals surface area contributed by atoms with Crippen molar-refractivity contribution in [3.05, 3.63) is 41.1 Å². The minimum absolute atomic E-state index is 0.300. The third kappa shape index (κ3) is 1.97. The van der Waals surface area contributed by atoms with E-state index in [1.54, 1.807) is 9.82 Å². The van der Waals surface area contributed by atoms with Crippen molar-refractivity contribution >= 4 is 36.2 Å². The van der Waals surface area contributed by atoms with Crippen LogP contribution in [-0.4, -0.2) is 29.5 Å². The molecule has 0 aromatic rings. The SMILES string of the molecule is N#CS(N)(N=[N+]=[N-])(SS(N)(C#N)(N=[N+]=[N-])(C(=O)O)[N+](=O)[O-])(C(=O)O)[N+](=O)[O-]. The van der Waals surface area contributed by atoms with Crippen LogP contribution in [0.2, 0.25) is 0 Å². The number of azide groups is 2. The molecule has 0 fully saturated rings. The van der Waals surface area contributed by atoms with Crippen LogP contribution in [-0.2, 0) is 0 Å². The molecule has 6 N–H and O–H groups in total. The van der Waals surface area contributed by atoms with Crippen LogP contribution >= 0.6 is 25.6 Å². The van der Waals surface area contributed by atoms with E-state index in [1.165, 1.54) is 0 Å². The van der Waals surface area contributed by atoms with Crippen molar-refractivity contribution in [2.75, 3.05) is 0 Å². The smallest absolute Gasteiger partial charge is 0.424 e. The molecule has 0 aliphatic rings. The highest BCUT2D eigenvalue weighted by Gasteiger charge is 2.93. The topological polar surface area (TPSA) is 358 Å². The van der Waals surface area contributed by atoms with E-state index >= 15 is 0 Å². The summed E-state index contributed by atoms with van der Waals surface area (Å²) in [4.78, 5) is 50.1. The second-order valence-electron chi connectivity index (χ2n) is 4.39.